The van der Waals surface area contributed by atoms with Gasteiger partial charge in [-0.25, -0.2) is 28.4 Å². The van der Waals surface area contributed by atoms with Crippen molar-refractivity contribution in [3.63, 3.8) is 0 Å². The number of piperazine rings is 1. The number of anilines is 1. The third-order valence-corrected chi connectivity index (χ3v) is 8.68. The lowest BCUT2D eigenvalue weighted by Crippen LogP contribution is -2.60. The van der Waals surface area contributed by atoms with Gasteiger partial charge in [-0.15, -0.1) is 0 Å². The summed E-state index contributed by atoms with van der Waals surface area (Å²) in [5, 5.41) is 10.8. The minimum Gasteiger partial charge on any atom is -0.445 e. The fourth-order valence-corrected chi connectivity index (χ4v) is 5.99. The highest BCUT2D eigenvalue weighted by atomic mass is 19.1. The Hall–Kier alpha value is -5.42. The lowest BCUT2D eigenvalue weighted by atomic mass is 9.91. The van der Waals surface area contributed by atoms with Crippen molar-refractivity contribution in [2.24, 2.45) is 0 Å². The number of carbonyl (C=O) groups is 5. The number of alkyl carbamates (subject to hydrolysis) is 3. The van der Waals surface area contributed by atoms with Gasteiger partial charge in [-0.05, 0) is 99.3 Å². The van der Waals surface area contributed by atoms with Crippen LogP contribution in [0.3, 0.4) is 0 Å². The Bertz CT molecular complexity index is 1790. The summed E-state index contributed by atoms with van der Waals surface area (Å²) < 4.78 is 31.9. The number of hydrogen-bond acceptors (Lipinski definition) is 10. The summed E-state index contributed by atoms with van der Waals surface area (Å²) >= 11 is 0. The molecule has 4 rings (SSSR count). The molecule has 1 saturated heterocycles. The summed E-state index contributed by atoms with van der Waals surface area (Å²) in [7, 11) is 0. The van der Waals surface area contributed by atoms with Gasteiger partial charge in [0.25, 0.3) is 0 Å². The van der Waals surface area contributed by atoms with E-state index in [1.165, 1.54) is 29.3 Å². The van der Waals surface area contributed by atoms with Crippen LogP contribution >= 0.6 is 0 Å². The summed E-state index contributed by atoms with van der Waals surface area (Å²) in [6.45, 7) is 14.2. The molecule has 4 N–H and O–H groups in total. The molecule has 1 aliphatic carbocycles. The van der Waals surface area contributed by atoms with Crippen molar-refractivity contribution in [1.29, 1.82) is 0 Å². The summed E-state index contributed by atoms with van der Waals surface area (Å²) in [5.74, 6) is -1.05. The molecule has 6 amide bonds. The molecule has 18 heteroatoms. The van der Waals surface area contributed by atoms with Crippen molar-refractivity contribution in [2.75, 3.05) is 31.5 Å². The SMILES string of the molecule is CC(C)(C)OC(=O)NC(C)(C)C(=O)N1CCN(C(=O)Nc2ccn(-c3ccc(COC(=O)N[C@H]4CC[C@H](NC(=O)OC(C)(C)C)CC4)c(F)c3)c(=O)n2)CC1. The molecule has 17 nitrogen and oxygen atoms in total. The van der Waals surface area contributed by atoms with Gasteiger partial charge in [0.15, 0.2) is 0 Å². The van der Waals surface area contributed by atoms with E-state index in [0.717, 1.165) is 10.6 Å². The van der Waals surface area contributed by atoms with Gasteiger partial charge < -0.3 is 40.0 Å². The first-order valence-corrected chi connectivity index (χ1v) is 18.3. The highest BCUT2D eigenvalue weighted by molar-refractivity contribution is 5.90. The van der Waals surface area contributed by atoms with Crippen molar-refractivity contribution < 1.29 is 42.6 Å². The third-order valence-electron chi connectivity index (χ3n) is 8.68. The molecule has 302 valence electrons. The number of halogens is 1. The molecule has 1 aliphatic heterocycles. The van der Waals surface area contributed by atoms with Crippen molar-refractivity contribution in [3.8, 4) is 5.69 Å². The maximum absolute atomic E-state index is 15.0. The van der Waals surface area contributed by atoms with E-state index in [4.69, 9.17) is 14.2 Å². The van der Waals surface area contributed by atoms with Crippen LogP contribution in [0.25, 0.3) is 5.69 Å². The minimum atomic E-state index is -1.24. The number of rotatable bonds is 8. The average molecular weight is 773 g/mol. The van der Waals surface area contributed by atoms with Gasteiger partial charge in [-0.3, -0.25) is 14.7 Å². The number of aromatic nitrogens is 2. The van der Waals surface area contributed by atoms with Gasteiger partial charge in [-0.1, -0.05) is 6.07 Å². The number of ether oxygens (including phenoxy) is 3. The van der Waals surface area contributed by atoms with Crippen molar-refractivity contribution >= 4 is 36.0 Å². The normalized spacial score (nSPS) is 17.8. The Kier molecular flexibility index (Phi) is 13.4. The molecule has 0 atom stereocenters. The fraction of sp³-hybridized carbons (Fsp3) is 0.595. The zero-order chi connectivity index (χ0) is 40.7. The summed E-state index contributed by atoms with van der Waals surface area (Å²) in [6.07, 6.45) is 2.01. The number of hydrogen-bond donors (Lipinski definition) is 4. The van der Waals surface area contributed by atoms with E-state index in [-0.39, 0.29) is 67.8 Å². The Labute approximate surface area is 319 Å². The molecule has 1 saturated carbocycles. The summed E-state index contributed by atoms with van der Waals surface area (Å²) in [6, 6.07) is 4.64. The lowest BCUT2D eigenvalue weighted by molar-refractivity contribution is -0.138. The molecule has 0 radical (unpaired) electrons. The molecule has 1 aromatic carbocycles. The standard InChI is InChI=1S/C37H53FN8O9/c1-35(2,3)54-33(51)40-25-12-10-24(11-13-25)39-32(50)53-22-23-9-14-26(21-27(23)38)46-16-15-28(42-31(46)49)41-30(48)45-19-17-44(18-20-45)29(47)37(7,8)43-34(52)55-36(4,5)6/h9,14-16,21,24-25H,10-13,17-20,22H2,1-8H3,(H,39,50)(H,40,51)(H,43,52)(H,41,42,48,49)/t24-,25-. The topological polar surface area (TPSA) is 203 Å². The maximum Gasteiger partial charge on any atom is 0.408 e. The van der Waals surface area contributed by atoms with Gasteiger partial charge in [0.05, 0.1) is 5.69 Å². The van der Waals surface area contributed by atoms with Crippen LogP contribution in [0.5, 0.6) is 0 Å². The van der Waals surface area contributed by atoms with Gasteiger partial charge in [0, 0.05) is 50.0 Å². The second kappa shape index (κ2) is 17.4. The van der Waals surface area contributed by atoms with Crippen molar-refractivity contribution in [3.05, 3.63) is 52.3 Å². The molecule has 2 aromatic rings. The van der Waals surface area contributed by atoms with Gasteiger partial charge in [-0.2, -0.15) is 4.98 Å². The number of amides is 6. The summed E-state index contributed by atoms with van der Waals surface area (Å²) in [5.41, 5.74) is -3.06. The Morgan fingerprint density at radius 1 is 0.782 bits per heavy atom. The second-order valence-electron chi connectivity index (χ2n) is 16.1. The zero-order valence-corrected chi connectivity index (χ0v) is 32.7. The highest BCUT2D eigenvalue weighted by Gasteiger charge is 2.37. The smallest absolute Gasteiger partial charge is 0.408 e. The Morgan fingerprint density at radius 2 is 1.33 bits per heavy atom. The lowest BCUT2D eigenvalue weighted by Gasteiger charge is -2.38. The maximum atomic E-state index is 15.0. The Balaban J connectivity index is 1.22. The number of carbonyl (C=O) groups excluding carboxylic acids is 5. The van der Waals surface area contributed by atoms with Gasteiger partial charge in [0.1, 0.15) is 35.0 Å². The molecule has 55 heavy (non-hydrogen) atoms. The largest absolute Gasteiger partial charge is 0.445 e. The fourth-order valence-electron chi connectivity index (χ4n) is 5.99. The van der Waals surface area contributed by atoms with Crippen LogP contribution in [0.15, 0.2) is 35.3 Å². The Morgan fingerprint density at radius 3 is 1.87 bits per heavy atom. The number of benzene rings is 1. The van der Waals surface area contributed by atoms with E-state index in [0.29, 0.717) is 25.7 Å². The van der Waals surface area contributed by atoms with Crippen LogP contribution in [0.2, 0.25) is 0 Å². The number of nitrogens with one attached hydrogen (secondary N) is 4. The van der Waals surface area contributed by atoms with Crippen LogP contribution in [0.4, 0.5) is 29.4 Å². The highest BCUT2D eigenvalue weighted by Crippen LogP contribution is 2.21. The van der Waals surface area contributed by atoms with E-state index in [9.17, 15) is 28.8 Å². The number of nitrogens with zero attached hydrogens (tertiary/aromatic N) is 4. The monoisotopic (exact) mass is 772 g/mol. The first-order chi connectivity index (χ1) is 25.6. The molecule has 0 spiro atoms. The minimum absolute atomic E-state index is 0.0169. The van der Waals surface area contributed by atoms with E-state index < -0.39 is 52.6 Å². The van der Waals surface area contributed by atoms with Crippen LogP contribution in [0, 0.1) is 5.82 Å². The van der Waals surface area contributed by atoms with Crippen molar-refractivity contribution in [2.45, 2.75) is 117 Å². The molecule has 2 heterocycles. The quantitative estimate of drug-likeness (QED) is 0.279. The zero-order valence-electron chi connectivity index (χ0n) is 32.7. The summed E-state index contributed by atoms with van der Waals surface area (Å²) in [4.78, 5) is 82.6. The third kappa shape index (κ3) is 12.8. The first kappa shape index (κ1) is 42.3. The van der Waals surface area contributed by atoms with Crippen LogP contribution < -0.4 is 27.0 Å². The molecule has 1 aromatic heterocycles. The molecule has 2 fully saturated rings. The van der Waals surface area contributed by atoms with Gasteiger partial charge in [0.2, 0.25) is 5.91 Å². The van der Waals surface area contributed by atoms with E-state index in [1.54, 1.807) is 60.3 Å². The average Bonchev–Trinajstić information content (AvgIpc) is 3.06. The van der Waals surface area contributed by atoms with E-state index >= 15 is 4.39 Å². The number of urea groups is 1. The molecule has 0 bridgehead atoms. The molecular formula is C37H53FN8O9. The van der Waals surface area contributed by atoms with Crippen molar-refractivity contribution in [1.82, 2.24) is 35.3 Å². The van der Waals surface area contributed by atoms with E-state index in [1.807, 2.05) is 0 Å². The van der Waals surface area contributed by atoms with Crippen LogP contribution in [0.1, 0.15) is 86.6 Å². The predicted molar refractivity (Wildman–Crippen MR) is 199 cm³/mol. The molecule has 2 aliphatic rings. The van der Waals surface area contributed by atoms with Gasteiger partial charge >= 0.3 is 30.0 Å². The first-order valence-electron chi connectivity index (χ1n) is 18.3. The second-order valence-corrected chi connectivity index (χ2v) is 16.1. The van der Waals surface area contributed by atoms with E-state index in [2.05, 4.69) is 26.3 Å². The van der Waals surface area contributed by atoms with Crippen LogP contribution in [-0.2, 0) is 25.6 Å². The predicted octanol–water partition coefficient (Wildman–Crippen LogP) is 4.41. The molecule has 0 unspecified atom stereocenters. The molecular weight excluding hydrogens is 719 g/mol. The van der Waals surface area contributed by atoms with Crippen LogP contribution in [-0.4, -0.2) is 105 Å².